The molecule has 2 saturated heterocycles. The van der Waals surface area contributed by atoms with Gasteiger partial charge in [0.25, 0.3) is 0 Å². The summed E-state index contributed by atoms with van der Waals surface area (Å²) in [5.41, 5.74) is 1.19. The third-order valence-electron chi connectivity index (χ3n) is 6.05. The third-order valence-corrected chi connectivity index (χ3v) is 6.05. The van der Waals surface area contributed by atoms with E-state index in [-0.39, 0.29) is 24.6 Å². The van der Waals surface area contributed by atoms with Crippen molar-refractivity contribution < 1.29 is 23.8 Å². The predicted molar refractivity (Wildman–Crippen MR) is 110 cm³/mol. The number of rotatable bonds is 6. The second kappa shape index (κ2) is 9.66. The lowest BCUT2D eigenvalue weighted by molar-refractivity contribution is -0.150. The third kappa shape index (κ3) is 5.05. The highest BCUT2D eigenvalue weighted by Gasteiger charge is 2.29. The van der Waals surface area contributed by atoms with Gasteiger partial charge in [0.1, 0.15) is 0 Å². The van der Waals surface area contributed by atoms with Gasteiger partial charge in [-0.2, -0.15) is 0 Å². The standard InChI is InChI=1S/C22H31N3O5/c1-2-28-22(27)18-4-3-7-24(14-18)15-21(26)25-10-8-23(9-11-25)13-17-5-6-19-20(12-17)30-16-29-19/h5-6,12,18H,2-4,7-11,13-16H2,1H3/t18-/m1/s1. The van der Waals surface area contributed by atoms with Gasteiger partial charge in [-0.05, 0) is 44.0 Å². The minimum Gasteiger partial charge on any atom is -0.466 e. The minimum atomic E-state index is -0.133. The first-order valence-corrected chi connectivity index (χ1v) is 10.9. The molecule has 1 aromatic carbocycles. The van der Waals surface area contributed by atoms with Crippen molar-refractivity contribution >= 4 is 11.9 Å². The molecule has 1 amide bonds. The fourth-order valence-corrected chi connectivity index (χ4v) is 4.40. The summed E-state index contributed by atoms with van der Waals surface area (Å²) in [5, 5.41) is 0. The van der Waals surface area contributed by atoms with E-state index >= 15 is 0 Å². The van der Waals surface area contributed by atoms with E-state index in [2.05, 4.69) is 15.9 Å². The molecule has 0 spiro atoms. The average molecular weight is 418 g/mol. The number of benzene rings is 1. The number of likely N-dealkylation sites (tertiary alicyclic amines) is 1. The molecule has 0 unspecified atom stereocenters. The van der Waals surface area contributed by atoms with Gasteiger partial charge in [-0.25, -0.2) is 0 Å². The molecular formula is C22H31N3O5. The number of piperazine rings is 1. The van der Waals surface area contributed by atoms with Crippen LogP contribution in [0.25, 0.3) is 0 Å². The SMILES string of the molecule is CCOC(=O)[C@@H]1CCCN(CC(=O)N2CCN(Cc3ccc4c(c3)OCO4)CC2)C1. The van der Waals surface area contributed by atoms with Crippen LogP contribution in [0.5, 0.6) is 11.5 Å². The first-order valence-electron chi connectivity index (χ1n) is 10.9. The monoisotopic (exact) mass is 417 g/mol. The zero-order valence-electron chi connectivity index (χ0n) is 17.7. The van der Waals surface area contributed by atoms with Crippen LogP contribution < -0.4 is 9.47 Å². The molecule has 0 bridgehead atoms. The summed E-state index contributed by atoms with van der Waals surface area (Å²) in [4.78, 5) is 31.2. The van der Waals surface area contributed by atoms with Crippen molar-refractivity contribution in [1.82, 2.24) is 14.7 Å². The van der Waals surface area contributed by atoms with E-state index in [4.69, 9.17) is 14.2 Å². The van der Waals surface area contributed by atoms with Crippen LogP contribution in [0.1, 0.15) is 25.3 Å². The molecule has 0 radical (unpaired) electrons. The molecule has 3 heterocycles. The maximum atomic E-state index is 12.8. The second-order valence-corrected chi connectivity index (χ2v) is 8.17. The number of carbonyl (C=O) groups excluding carboxylic acids is 2. The van der Waals surface area contributed by atoms with Crippen LogP contribution in [0.4, 0.5) is 0 Å². The van der Waals surface area contributed by atoms with Crippen molar-refractivity contribution in [2.24, 2.45) is 5.92 Å². The highest BCUT2D eigenvalue weighted by Crippen LogP contribution is 2.32. The van der Waals surface area contributed by atoms with Crippen LogP contribution in [-0.2, 0) is 20.9 Å². The number of hydrogen-bond acceptors (Lipinski definition) is 7. The molecule has 164 valence electrons. The Morgan fingerprint density at radius 1 is 1.07 bits per heavy atom. The summed E-state index contributed by atoms with van der Waals surface area (Å²) < 4.78 is 16.0. The number of piperidine rings is 1. The van der Waals surface area contributed by atoms with Gasteiger partial charge in [-0.15, -0.1) is 0 Å². The molecule has 0 saturated carbocycles. The molecule has 1 aromatic rings. The van der Waals surface area contributed by atoms with Gasteiger partial charge in [-0.1, -0.05) is 6.07 Å². The van der Waals surface area contributed by atoms with E-state index in [1.807, 2.05) is 24.0 Å². The quantitative estimate of drug-likeness (QED) is 0.647. The second-order valence-electron chi connectivity index (χ2n) is 8.17. The Bertz CT molecular complexity index is 763. The zero-order valence-corrected chi connectivity index (χ0v) is 17.7. The van der Waals surface area contributed by atoms with Crippen LogP contribution >= 0.6 is 0 Å². The molecule has 1 atom stereocenters. The Morgan fingerprint density at radius 3 is 2.67 bits per heavy atom. The summed E-state index contributed by atoms with van der Waals surface area (Å²) in [5.74, 6) is 1.53. The average Bonchev–Trinajstić information content (AvgIpc) is 3.22. The zero-order chi connectivity index (χ0) is 20.9. The summed E-state index contributed by atoms with van der Waals surface area (Å²) in [6.07, 6.45) is 1.78. The Kier molecular flexibility index (Phi) is 6.74. The van der Waals surface area contributed by atoms with Crippen molar-refractivity contribution in [3.8, 4) is 11.5 Å². The van der Waals surface area contributed by atoms with E-state index in [9.17, 15) is 9.59 Å². The number of hydrogen-bond donors (Lipinski definition) is 0. The van der Waals surface area contributed by atoms with Crippen LogP contribution in [-0.4, -0.2) is 85.8 Å². The van der Waals surface area contributed by atoms with Gasteiger partial charge in [0.2, 0.25) is 12.7 Å². The first kappa shape index (κ1) is 20.9. The van der Waals surface area contributed by atoms with Crippen LogP contribution in [0.3, 0.4) is 0 Å². The van der Waals surface area contributed by atoms with Crippen LogP contribution in [0.2, 0.25) is 0 Å². The van der Waals surface area contributed by atoms with Gasteiger partial charge in [0.05, 0.1) is 19.1 Å². The number of esters is 1. The highest BCUT2D eigenvalue weighted by molar-refractivity contribution is 5.78. The summed E-state index contributed by atoms with van der Waals surface area (Å²) >= 11 is 0. The van der Waals surface area contributed by atoms with Crippen molar-refractivity contribution in [3.63, 3.8) is 0 Å². The number of nitrogens with zero attached hydrogens (tertiary/aromatic N) is 3. The molecule has 0 N–H and O–H groups in total. The van der Waals surface area contributed by atoms with Crippen molar-refractivity contribution in [2.45, 2.75) is 26.3 Å². The van der Waals surface area contributed by atoms with Crippen LogP contribution in [0, 0.1) is 5.92 Å². The number of amides is 1. The van der Waals surface area contributed by atoms with Gasteiger partial charge in [0, 0.05) is 39.3 Å². The lowest BCUT2D eigenvalue weighted by Crippen LogP contribution is -2.52. The Balaban J connectivity index is 1.22. The van der Waals surface area contributed by atoms with Gasteiger partial charge in [0.15, 0.2) is 11.5 Å². The Labute approximate surface area is 177 Å². The number of carbonyl (C=O) groups is 2. The maximum Gasteiger partial charge on any atom is 0.310 e. The maximum absolute atomic E-state index is 12.8. The molecular weight excluding hydrogens is 386 g/mol. The predicted octanol–water partition coefficient (Wildman–Crippen LogP) is 1.33. The summed E-state index contributed by atoms with van der Waals surface area (Å²) in [6.45, 7) is 8.41. The van der Waals surface area contributed by atoms with Crippen molar-refractivity contribution in [3.05, 3.63) is 23.8 Å². The molecule has 0 aromatic heterocycles. The Hall–Kier alpha value is -2.32. The molecule has 0 aliphatic carbocycles. The molecule has 8 heteroatoms. The summed E-state index contributed by atoms with van der Waals surface area (Å²) in [6, 6.07) is 6.07. The smallest absolute Gasteiger partial charge is 0.310 e. The van der Waals surface area contributed by atoms with E-state index in [0.717, 1.165) is 63.6 Å². The van der Waals surface area contributed by atoms with Gasteiger partial charge in [-0.3, -0.25) is 19.4 Å². The van der Waals surface area contributed by atoms with Crippen molar-refractivity contribution in [1.29, 1.82) is 0 Å². The first-order chi connectivity index (χ1) is 14.6. The lowest BCUT2D eigenvalue weighted by Gasteiger charge is -2.37. The lowest BCUT2D eigenvalue weighted by atomic mass is 9.98. The van der Waals surface area contributed by atoms with E-state index in [1.165, 1.54) is 5.56 Å². The molecule has 4 rings (SSSR count). The Morgan fingerprint density at radius 2 is 1.87 bits per heavy atom. The molecule has 2 fully saturated rings. The number of fused-ring (bicyclic) bond motifs is 1. The highest BCUT2D eigenvalue weighted by atomic mass is 16.7. The van der Waals surface area contributed by atoms with E-state index < -0.39 is 0 Å². The largest absolute Gasteiger partial charge is 0.466 e. The van der Waals surface area contributed by atoms with Gasteiger partial charge >= 0.3 is 5.97 Å². The number of ether oxygens (including phenoxy) is 3. The van der Waals surface area contributed by atoms with Crippen LogP contribution in [0.15, 0.2) is 18.2 Å². The minimum absolute atomic E-state index is 0.106. The molecule has 30 heavy (non-hydrogen) atoms. The fourth-order valence-electron chi connectivity index (χ4n) is 4.40. The van der Waals surface area contributed by atoms with E-state index in [0.29, 0.717) is 19.7 Å². The van der Waals surface area contributed by atoms with Crippen molar-refractivity contribution in [2.75, 3.05) is 59.2 Å². The topological polar surface area (TPSA) is 71.6 Å². The normalized spacial score (nSPS) is 22.2. The fraction of sp³-hybridized carbons (Fsp3) is 0.636. The van der Waals surface area contributed by atoms with E-state index in [1.54, 1.807) is 0 Å². The summed E-state index contributed by atoms with van der Waals surface area (Å²) in [7, 11) is 0. The molecule has 8 nitrogen and oxygen atoms in total. The molecule has 3 aliphatic rings. The van der Waals surface area contributed by atoms with Gasteiger partial charge < -0.3 is 19.1 Å². The molecule has 3 aliphatic heterocycles.